The van der Waals surface area contributed by atoms with Crippen LogP contribution in [-0.4, -0.2) is 27.9 Å². The van der Waals surface area contributed by atoms with Gasteiger partial charge < -0.3 is 10.6 Å². The maximum Gasteiger partial charge on any atom is 0.240 e. The Labute approximate surface area is 112 Å². The van der Waals surface area contributed by atoms with Crippen molar-refractivity contribution in [2.24, 2.45) is 11.7 Å². The third-order valence-electron chi connectivity index (χ3n) is 3.42. The van der Waals surface area contributed by atoms with Crippen LogP contribution >= 0.6 is 11.3 Å². The number of rotatable bonds is 5. The molecule has 1 amide bonds. The largest absolute Gasteiger partial charge is 0.329 e. The van der Waals surface area contributed by atoms with Crippen molar-refractivity contribution >= 4 is 17.2 Å². The fourth-order valence-corrected chi connectivity index (χ4v) is 2.75. The molecule has 0 saturated heterocycles. The molecule has 1 unspecified atom stereocenters. The summed E-state index contributed by atoms with van der Waals surface area (Å²) in [5, 5.41) is 2.94. The van der Waals surface area contributed by atoms with Crippen LogP contribution in [0.3, 0.4) is 0 Å². The van der Waals surface area contributed by atoms with Crippen LogP contribution in [0.15, 0.2) is 11.6 Å². The second-order valence-electron chi connectivity index (χ2n) is 5.29. The lowest BCUT2D eigenvalue weighted by molar-refractivity contribution is -0.136. The lowest BCUT2D eigenvalue weighted by Crippen LogP contribution is -2.48. The molecule has 2 rings (SSSR count). The van der Waals surface area contributed by atoms with E-state index in [2.05, 4.69) is 4.98 Å². The lowest BCUT2D eigenvalue weighted by Gasteiger charge is -2.31. The van der Waals surface area contributed by atoms with E-state index in [9.17, 15) is 4.79 Å². The minimum atomic E-state index is -0.409. The van der Waals surface area contributed by atoms with Gasteiger partial charge in [-0.05, 0) is 25.7 Å². The predicted octanol–water partition coefficient (Wildman–Crippen LogP) is 2.18. The molecule has 4 nitrogen and oxygen atoms in total. The summed E-state index contributed by atoms with van der Waals surface area (Å²) < 4.78 is 0. The molecular formula is C13H21N3OS. The van der Waals surface area contributed by atoms with E-state index in [0.717, 1.165) is 17.8 Å². The molecule has 2 atom stereocenters. The molecule has 1 aliphatic rings. The second-order valence-corrected chi connectivity index (χ2v) is 6.22. The Morgan fingerprint density at radius 2 is 2.17 bits per heavy atom. The van der Waals surface area contributed by atoms with Crippen LogP contribution in [0.4, 0.5) is 0 Å². The van der Waals surface area contributed by atoms with Crippen molar-refractivity contribution in [1.82, 2.24) is 9.88 Å². The Hall–Kier alpha value is -0.940. The summed E-state index contributed by atoms with van der Waals surface area (Å²) in [5.41, 5.74) is 6.01. The van der Waals surface area contributed by atoms with Crippen molar-refractivity contribution in [2.45, 2.75) is 51.7 Å². The fraction of sp³-hybridized carbons (Fsp3) is 0.692. The van der Waals surface area contributed by atoms with Gasteiger partial charge in [-0.25, -0.2) is 4.98 Å². The topological polar surface area (TPSA) is 59.2 Å². The number of hydrogen-bond donors (Lipinski definition) is 1. The van der Waals surface area contributed by atoms with E-state index in [1.54, 1.807) is 17.5 Å². The van der Waals surface area contributed by atoms with Gasteiger partial charge in [-0.15, -0.1) is 11.3 Å². The zero-order chi connectivity index (χ0) is 13.3. The third-order valence-corrected chi connectivity index (χ3v) is 4.37. The smallest absolute Gasteiger partial charge is 0.240 e. The number of carbonyl (C=O) groups is 1. The highest BCUT2D eigenvalue weighted by Crippen LogP contribution is 2.35. The Balaban J connectivity index is 2.16. The number of amides is 1. The summed E-state index contributed by atoms with van der Waals surface area (Å²) in [6, 6.07) is -0.0102. The molecule has 1 heterocycles. The van der Waals surface area contributed by atoms with Gasteiger partial charge in [0.15, 0.2) is 0 Å². The van der Waals surface area contributed by atoms with E-state index < -0.39 is 6.04 Å². The van der Waals surface area contributed by atoms with Crippen LogP contribution in [0, 0.1) is 5.92 Å². The van der Waals surface area contributed by atoms with E-state index >= 15 is 0 Å². The number of nitrogens with zero attached hydrogens (tertiary/aromatic N) is 2. The second kappa shape index (κ2) is 5.36. The van der Waals surface area contributed by atoms with Crippen LogP contribution in [0.1, 0.15) is 44.7 Å². The van der Waals surface area contributed by atoms with Gasteiger partial charge in [0.25, 0.3) is 0 Å². The van der Waals surface area contributed by atoms with Crippen molar-refractivity contribution in [3.8, 4) is 0 Å². The standard InChI is InChI=1S/C13H21N3OS/c1-8(2)11(14)13(17)16(10-4-5-10)9(3)12-15-6-7-18-12/h6-11H,4-5,14H2,1-3H3/t9?,11-/m0/s1. The van der Waals surface area contributed by atoms with Crippen LogP contribution in [0.2, 0.25) is 0 Å². The Morgan fingerprint density at radius 1 is 1.50 bits per heavy atom. The Bertz CT molecular complexity index is 400. The first-order valence-corrected chi connectivity index (χ1v) is 7.37. The summed E-state index contributed by atoms with van der Waals surface area (Å²) in [4.78, 5) is 18.7. The summed E-state index contributed by atoms with van der Waals surface area (Å²) in [7, 11) is 0. The van der Waals surface area contributed by atoms with Crippen molar-refractivity contribution < 1.29 is 4.79 Å². The third kappa shape index (κ3) is 2.72. The summed E-state index contributed by atoms with van der Waals surface area (Å²) in [6.45, 7) is 6.02. The van der Waals surface area contributed by atoms with Crippen molar-refractivity contribution in [3.05, 3.63) is 16.6 Å². The first kappa shape index (κ1) is 13.5. The van der Waals surface area contributed by atoms with E-state index in [0.29, 0.717) is 6.04 Å². The van der Waals surface area contributed by atoms with Gasteiger partial charge >= 0.3 is 0 Å². The highest BCUT2D eigenvalue weighted by molar-refractivity contribution is 7.09. The minimum Gasteiger partial charge on any atom is -0.329 e. The molecule has 1 aromatic heterocycles. The first-order valence-electron chi connectivity index (χ1n) is 6.49. The maximum atomic E-state index is 12.5. The molecule has 0 spiro atoms. The Morgan fingerprint density at radius 3 is 2.61 bits per heavy atom. The molecule has 1 saturated carbocycles. The molecule has 0 aliphatic heterocycles. The van der Waals surface area contributed by atoms with Gasteiger partial charge in [-0.3, -0.25) is 4.79 Å². The zero-order valence-electron chi connectivity index (χ0n) is 11.2. The molecular weight excluding hydrogens is 246 g/mol. The molecule has 5 heteroatoms. The van der Waals surface area contributed by atoms with Crippen molar-refractivity contribution in [1.29, 1.82) is 0 Å². The van der Waals surface area contributed by atoms with E-state index in [-0.39, 0.29) is 17.9 Å². The zero-order valence-corrected chi connectivity index (χ0v) is 12.0. The van der Waals surface area contributed by atoms with Gasteiger partial charge in [0.1, 0.15) is 5.01 Å². The van der Waals surface area contributed by atoms with Crippen molar-refractivity contribution in [3.63, 3.8) is 0 Å². The number of aromatic nitrogens is 1. The number of thiazole rings is 1. The fourth-order valence-electron chi connectivity index (χ4n) is 2.06. The molecule has 18 heavy (non-hydrogen) atoms. The molecule has 0 bridgehead atoms. The van der Waals surface area contributed by atoms with Gasteiger partial charge in [-0.1, -0.05) is 13.8 Å². The molecule has 0 radical (unpaired) electrons. The number of nitrogens with two attached hydrogens (primary N) is 1. The van der Waals surface area contributed by atoms with Gasteiger partial charge in [0, 0.05) is 17.6 Å². The van der Waals surface area contributed by atoms with Crippen LogP contribution in [0.5, 0.6) is 0 Å². The summed E-state index contributed by atoms with van der Waals surface area (Å²) in [5.74, 6) is 0.234. The number of carbonyl (C=O) groups excluding carboxylic acids is 1. The maximum absolute atomic E-state index is 12.5. The van der Waals surface area contributed by atoms with Crippen molar-refractivity contribution in [2.75, 3.05) is 0 Å². The first-order chi connectivity index (χ1) is 8.52. The number of hydrogen-bond acceptors (Lipinski definition) is 4. The van der Waals surface area contributed by atoms with Gasteiger partial charge in [0.05, 0.1) is 12.1 Å². The summed E-state index contributed by atoms with van der Waals surface area (Å²) in [6.07, 6.45) is 3.97. The predicted molar refractivity (Wildman–Crippen MR) is 73.2 cm³/mol. The van der Waals surface area contributed by atoms with Crippen LogP contribution < -0.4 is 5.73 Å². The normalized spacial score (nSPS) is 18.7. The van der Waals surface area contributed by atoms with Gasteiger partial charge in [0.2, 0.25) is 5.91 Å². The molecule has 2 N–H and O–H groups in total. The van der Waals surface area contributed by atoms with E-state index in [1.807, 2.05) is 31.1 Å². The molecule has 0 aromatic carbocycles. The highest BCUT2D eigenvalue weighted by atomic mass is 32.1. The van der Waals surface area contributed by atoms with Crippen LogP contribution in [0.25, 0.3) is 0 Å². The lowest BCUT2D eigenvalue weighted by atomic mass is 10.0. The summed E-state index contributed by atoms with van der Waals surface area (Å²) >= 11 is 1.60. The Kier molecular flexibility index (Phi) is 4.02. The van der Waals surface area contributed by atoms with Gasteiger partial charge in [-0.2, -0.15) is 0 Å². The molecule has 1 fully saturated rings. The van der Waals surface area contributed by atoms with E-state index in [4.69, 9.17) is 5.73 Å². The quantitative estimate of drug-likeness (QED) is 0.889. The average molecular weight is 267 g/mol. The van der Waals surface area contributed by atoms with E-state index in [1.165, 1.54) is 0 Å². The molecule has 100 valence electrons. The SMILES string of the molecule is CC(C)[C@H](N)C(=O)N(C1CC1)C(C)c1nccs1. The molecule has 1 aromatic rings. The highest BCUT2D eigenvalue weighted by Gasteiger charge is 2.39. The average Bonchev–Trinajstić information content (AvgIpc) is 3.01. The monoisotopic (exact) mass is 267 g/mol. The minimum absolute atomic E-state index is 0.0369. The molecule has 1 aliphatic carbocycles. The van der Waals surface area contributed by atoms with Crippen LogP contribution in [-0.2, 0) is 4.79 Å².